The van der Waals surface area contributed by atoms with Crippen LogP contribution in [0.15, 0.2) is 33.6 Å². The number of halogens is 1. The predicted octanol–water partition coefficient (Wildman–Crippen LogP) is 3.34. The molecule has 0 atom stereocenters. The number of amides is 1. The van der Waals surface area contributed by atoms with E-state index in [4.69, 9.17) is 0 Å². The maximum atomic E-state index is 12.2. The second kappa shape index (κ2) is 9.10. The van der Waals surface area contributed by atoms with Gasteiger partial charge in [0, 0.05) is 27.6 Å². The number of rotatable bonds is 7. The van der Waals surface area contributed by atoms with E-state index < -0.39 is 5.97 Å². The molecule has 0 aliphatic carbocycles. The lowest BCUT2D eigenvalue weighted by Crippen LogP contribution is -2.41. The van der Waals surface area contributed by atoms with E-state index in [2.05, 4.69) is 20.7 Å². The minimum Gasteiger partial charge on any atom is -0.468 e. The first kappa shape index (κ1) is 18.0. The van der Waals surface area contributed by atoms with E-state index >= 15 is 0 Å². The highest BCUT2D eigenvalue weighted by molar-refractivity contribution is 9.10. The van der Waals surface area contributed by atoms with Gasteiger partial charge in [0.2, 0.25) is 5.91 Å². The highest BCUT2D eigenvalue weighted by atomic mass is 79.9. The van der Waals surface area contributed by atoms with Crippen molar-refractivity contribution in [3.05, 3.63) is 28.7 Å². The minimum absolute atomic E-state index is 0.00664. The van der Waals surface area contributed by atoms with E-state index in [1.54, 1.807) is 16.7 Å². The van der Waals surface area contributed by atoms with Crippen molar-refractivity contribution in [2.24, 2.45) is 0 Å². The topological polar surface area (TPSA) is 46.6 Å². The van der Waals surface area contributed by atoms with Crippen LogP contribution < -0.4 is 0 Å². The van der Waals surface area contributed by atoms with Crippen LogP contribution in [-0.4, -0.2) is 42.2 Å². The van der Waals surface area contributed by atoms with Gasteiger partial charge >= 0.3 is 5.97 Å². The SMILES string of the molecule is COC(=O)CN(C(=O)CCSc1ccccc1Br)C(C)C. The molecule has 0 radical (unpaired) electrons. The Kier molecular flexibility index (Phi) is 7.82. The van der Waals surface area contributed by atoms with Gasteiger partial charge in [-0.1, -0.05) is 12.1 Å². The van der Waals surface area contributed by atoms with E-state index in [9.17, 15) is 9.59 Å². The van der Waals surface area contributed by atoms with E-state index in [1.807, 2.05) is 38.1 Å². The fourth-order valence-electron chi connectivity index (χ4n) is 1.72. The van der Waals surface area contributed by atoms with Gasteiger partial charge in [-0.15, -0.1) is 11.8 Å². The molecule has 0 heterocycles. The number of methoxy groups -OCH3 is 1. The Morgan fingerprint density at radius 1 is 1.33 bits per heavy atom. The summed E-state index contributed by atoms with van der Waals surface area (Å²) in [4.78, 5) is 26.2. The summed E-state index contributed by atoms with van der Waals surface area (Å²) in [6, 6.07) is 7.88. The molecule has 0 N–H and O–H groups in total. The Morgan fingerprint density at radius 3 is 2.57 bits per heavy atom. The molecule has 1 amide bonds. The molecule has 0 saturated carbocycles. The monoisotopic (exact) mass is 373 g/mol. The van der Waals surface area contributed by atoms with E-state index in [0.29, 0.717) is 12.2 Å². The molecule has 0 aliphatic rings. The molecule has 0 spiro atoms. The van der Waals surface area contributed by atoms with Crippen molar-refractivity contribution in [3.63, 3.8) is 0 Å². The van der Waals surface area contributed by atoms with Gasteiger partial charge in [0.15, 0.2) is 0 Å². The zero-order valence-electron chi connectivity index (χ0n) is 12.5. The molecule has 1 rings (SSSR count). The summed E-state index contributed by atoms with van der Waals surface area (Å²) in [7, 11) is 1.33. The van der Waals surface area contributed by atoms with Crippen LogP contribution in [0.3, 0.4) is 0 Å². The average molecular weight is 374 g/mol. The first-order chi connectivity index (χ1) is 9.95. The quantitative estimate of drug-likeness (QED) is 0.543. The van der Waals surface area contributed by atoms with E-state index in [-0.39, 0.29) is 18.5 Å². The number of esters is 1. The smallest absolute Gasteiger partial charge is 0.325 e. The average Bonchev–Trinajstić information content (AvgIpc) is 2.45. The molecule has 6 heteroatoms. The highest BCUT2D eigenvalue weighted by Crippen LogP contribution is 2.27. The van der Waals surface area contributed by atoms with Crippen LogP contribution in [-0.2, 0) is 14.3 Å². The fourth-order valence-corrected chi connectivity index (χ4v) is 3.22. The van der Waals surface area contributed by atoms with E-state index in [0.717, 1.165) is 9.37 Å². The maximum Gasteiger partial charge on any atom is 0.325 e. The number of hydrogen-bond donors (Lipinski definition) is 0. The minimum atomic E-state index is -0.393. The number of nitrogens with zero attached hydrogens (tertiary/aromatic N) is 1. The van der Waals surface area contributed by atoms with Crippen LogP contribution in [0, 0.1) is 0 Å². The molecule has 21 heavy (non-hydrogen) atoms. The lowest BCUT2D eigenvalue weighted by Gasteiger charge is -2.25. The Labute approximate surface area is 138 Å². The normalized spacial score (nSPS) is 10.5. The molecule has 0 fully saturated rings. The third-order valence-electron chi connectivity index (χ3n) is 2.88. The predicted molar refractivity (Wildman–Crippen MR) is 88.3 cm³/mol. The number of ether oxygens (including phenoxy) is 1. The lowest BCUT2D eigenvalue weighted by atomic mass is 10.3. The molecular formula is C15H20BrNO3S. The summed E-state index contributed by atoms with van der Waals surface area (Å²) in [6.07, 6.45) is 0.390. The zero-order chi connectivity index (χ0) is 15.8. The number of benzene rings is 1. The van der Waals surface area contributed by atoms with Crippen molar-refractivity contribution >= 4 is 39.6 Å². The molecular weight excluding hydrogens is 354 g/mol. The highest BCUT2D eigenvalue weighted by Gasteiger charge is 2.20. The molecule has 0 saturated heterocycles. The molecule has 1 aromatic carbocycles. The third kappa shape index (κ3) is 6.09. The van der Waals surface area contributed by atoms with Crippen molar-refractivity contribution in [1.82, 2.24) is 4.90 Å². The first-order valence-corrected chi connectivity index (χ1v) is 8.47. The summed E-state index contributed by atoms with van der Waals surface area (Å²) in [5, 5.41) is 0. The van der Waals surface area contributed by atoms with Crippen LogP contribution in [0.4, 0.5) is 0 Å². The molecule has 116 valence electrons. The van der Waals surface area contributed by atoms with Gasteiger partial charge in [-0.05, 0) is 41.9 Å². The van der Waals surface area contributed by atoms with Gasteiger partial charge in [0.1, 0.15) is 6.54 Å². The molecule has 0 unspecified atom stereocenters. The summed E-state index contributed by atoms with van der Waals surface area (Å²) in [6.45, 7) is 3.79. The van der Waals surface area contributed by atoms with Gasteiger partial charge in [-0.25, -0.2) is 0 Å². The largest absolute Gasteiger partial charge is 0.468 e. The maximum absolute atomic E-state index is 12.2. The van der Waals surface area contributed by atoms with Crippen molar-refractivity contribution in [1.29, 1.82) is 0 Å². The van der Waals surface area contributed by atoms with Crippen molar-refractivity contribution in [2.75, 3.05) is 19.4 Å². The van der Waals surface area contributed by atoms with Crippen LogP contribution in [0.25, 0.3) is 0 Å². The lowest BCUT2D eigenvalue weighted by molar-refractivity contribution is -0.148. The number of carbonyl (C=O) groups is 2. The molecule has 0 aliphatic heterocycles. The van der Waals surface area contributed by atoms with Crippen molar-refractivity contribution in [3.8, 4) is 0 Å². The van der Waals surface area contributed by atoms with Gasteiger partial charge in [0.25, 0.3) is 0 Å². The number of thioether (sulfide) groups is 1. The van der Waals surface area contributed by atoms with Crippen LogP contribution >= 0.6 is 27.7 Å². The van der Waals surface area contributed by atoms with E-state index in [1.165, 1.54) is 7.11 Å². The first-order valence-electron chi connectivity index (χ1n) is 6.69. The van der Waals surface area contributed by atoms with Crippen LogP contribution in [0.1, 0.15) is 20.3 Å². The third-order valence-corrected chi connectivity index (χ3v) is 4.91. The Morgan fingerprint density at radius 2 is 2.00 bits per heavy atom. The van der Waals surface area contributed by atoms with Crippen molar-refractivity contribution in [2.45, 2.75) is 31.2 Å². The molecule has 4 nitrogen and oxygen atoms in total. The zero-order valence-corrected chi connectivity index (χ0v) is 14.9. The molecule has 0 bridgehead atoms. The molecule has 1 aromatic rings. The second-order valence-electron chi connectivity index (χ2n) is 4.72. The summed E-state index contributed by atoms with van der Waals surface area (Å²) in [5.41, 5.74) is 0. The standard InChI is InChI=1S/C15H20BrNO3S/c1-11(2)17(10-15(19)20-3)14(18)8-9-21-13-7-5-4-6-12(13)16/h4-7,11H,8-10H2,1-3H3. The Bertz CT molecular complexity index is 494. The summed E-state index contributed by atoms with van der Waals surface area (Å²) < 4.78 is 5.65. The Hall–Kier alpha value is -1.01. The van der Waals surface area contributed by atoms with Crippen LogP contribution in [0.2, 0.25) is 0 Å². The second-order valence-corrected chi connectivity index (χ2v) is 6.71. The van der Waals surface area contributed by atoms with Gasteiger partial charge in [-0.2, -0.15) is 0 Å². The fraction of sp³-hybridized carbons (Fsp3) is 0.467. The summed E-state index contributed by atoms with van der Waals surface area (Å²) >= 11 is 5.10. The number of carbonyl (C=O) groups excluding carboxylic acids is 2. The molecule has 0 aromatic heterocycles. The van der Waals surface area contributed by atoms with Crippen LogP contribution in [0.5, 0.6) is 0 Å². The number of hydrogen-bond acceptors (Lipinski definition) is 4. The van der Waals surface area contributed by atoms with Gasteiger partial charge in [-0.3, -0.25) is 9.59 Å². The van der Waals surface area contributed by atoms with Crippen molar-refractivity contribution < 1.29 is 14.3 Å². The van der Waals surface area contributed by atoms with Gasteiger partial charge < -0.3 is 9.64 Å². The van der Waals surface area contributed by atoms with Gasteiger partial charge in [0.05, 0.1) is 7.11 Å². The Balaban J connectivity index is 2.50. The summed E-state index contributed by atoms with van der Waals surface area (Å²) in [5.74, 6) is 0.247.